The van der Waals surface area contributed by atoms with Crippen LogP contribution in [0.2, 0.25) is 0 Å². The third-order valence-electron chi connectivity index (χ3n) is 3.13. The molecule has 3 N–H and O–H groups in total. The summed E-state index contributed by atoms with van der Waals surface area (Å²) in [4.78, 5) is 11.0. The topological polar surface area (TPSA) is 55.1 Å². The molecular formula is C11H22N2O. The number of hydrogen-bond donors (Lipinski definition) is 2. The summed E-state index contributed by atoms with van der Waals surface area (Å²) in [6, 6.07) is 0. The van der Waals surface area contributed by atoms with E-state index in [4.69, 9.17) is 5.73 Å². The first kappa shape index (κ1) is 11.5. The number of rotatable bonds is 6. The third-order valence-corrected chi connectivity index (χ3v) is 3.13. The summed E-state index contributed by atoms with van der Waals surface area (Å²) in [5, 5.41) is 3.39. The fourth-order valence-electron chi connectivity index (χ4n) is 2.35. The van der Waals surface area contributed by atoms with Crippen LogP contribution in [-0.4, -0.2) is 18.0 Å². The fraction of sp³-hybridized carbons (Fsp3) is 0.909. The maximum absolute atomic E-state index is 11.0. The molecule has 82 valence electrons. The standard InChI is InChI=1S/C11H22N2O/c1-3-13-11(2,8-10(12)14)7-9-5-4-6-9/h9,13H,3-8H2,1-2H3,(H2,12,14). The summed E-state index contributed by atoms with van der Waals surface area (Å²) < 4.78 is 0. The van der Waals surface area contributed by atoms with Crippen molar-refractivity contribution >= 4 is 5.91 Å². The van der Waals surface area contributed by atoms with Gasteiger partial charge in [0.25, 0.3) is 0 Å². The zero-order chi connectivity index (χ0) is 10.6. The van der Waals surface area contributed by atoms with Crippen LogP contribution in [0.3, 0.4) is 0 Å². The second-order valence-corrected chi connectivity index (χ2v) is 4.74. The molecule has 3 heteroatoms. The van der Waals surface area contributed by atoms with E-state index in [1.807, 2.05) is 0 Å². The lowest BCUT2D eigenvalue weighted by Gasteiger charge is -2.37. The van der Waals surface area contributed by atoms with Crippen molar-refractivity contribution in [1.29, 1.82) is 0 Å². The molecule has 1 saturated carbocycles. The molecule has 1 fully saturated rings. The van der Waals surface area contributed by atoms with E-state index in [1.165, 1.54) is 19.3 Å². The van der Waals surface area contributed by atoms with Crippen molar-refractivity contribution in [3.05, 3.63) is 0 Å². The highest BCUT2D eigenvalue weighted by molar-refractivity contribution is 5.75. The molecule has 1 rings (SSSR count). The van der Waals surface area contributed by atoms with Crippen molar-refractivity contribution in [1.82, 2.24) is 5.32 Å². The van der Waals surface area contributed by atoms with Gasteiger partial charge in [0.15, 0.2) is 0 Å². The Bertz CT molecular complexity index is 201. The molecule has 0 heterocycles. The summed E-state index contributed by atoms with van der Waals surface area (Å²) >= 11 is 0. The van der Waals surface area contributed by atoms with Crippen LogP contribution in [0.4, 0.5) is 0 Å². The molecule has 1 atom stereocenters. The highest BCUT2D eigenvalue weighted by atomic mass is 16.1. The van der Waals surface area contributed by atoms with Crippen molar-refractivity contribution in [2.75, 3.05) is 6.54 Å². The van der Waals surface area contributed by atoms with Gasteiger partial charge in [0.1, 0.15) is 0 Å². The highest BCUT2D eigenvalue weighted by Crippen LogP contribution is 2.34. The van der Waals surface area contributed by atoms with E-state index in [0.717, 1.165) is 18.9 Å². The van der Waals surface area contributed by atoms with Crippen molar-refractivity contribution in [3.8, 4) is 0 Å². The quantitative estimate of drug-likeness (QED) is 0.678. The lowest BCUT2D eigenvalue weighted by Crippen LogP contribution is -2.47. The minimum Gasteiger partial charge on any atom is -0.370 e. The molecule has 0 radical (unpaired) electrons. The maximum Gasteiger partial charge on any atom is 0.219 e. The normalized spacial score (nSPS) is 21.3. The Balaban J connectivity index is 2.45. The fourth-order valence-corrected chi connectivity index (χ4v) is 2.35. The van der Waals surface area contributed by atoms with E-state index >= 15 is 0 Å². The molecule has 0 aromatic heterocycles. The first-order valence-corrected chi connectivity index (χ1v) is 5.59. The number of carbonyl (C=O) groups is 1. The van der Waals surface area contributed by atoms with Crippen LogP contribution in [-0.2, 0) is 4.79 Å². The van der Waals surface area contributed by atoms with Gasteiger partial charge in [-0.3, -0.25) is 4.79 Å². The Morgan fingerprint density at radius 2 is 2.21 bits per heavy atom. The van der Waals surface area contributed by atoms with E-state index < -0.39 is 0 Å². The first-order valence-electron chi connectivity index (χ1n) is 5.59. The summed E-state index contributed by atoms with van der Waals surface area (Å²) in [6.07, 6.45) is 5.53. The molecule has 0 aromatic rings. The van der Waals surface area contributed by atoms with Gasteiger partial charge >= 0.3 is 0 Å². The second-order valence-electron chi connectivity index (χ2n) is 4.74. The van der Waals surface area contributed by atoms with Gasteiger partial charge in [-0.2, -0.15) is 0 Å². The molecular weight excluding hydrogens is 176 g/mol. The smallest absolute Gasteiger partial charge is 0.219 e. The molecule has 3 nitrogen and oxygen atoms in total. The second kappa shape index (κ2) is 4.78. The Hall–Kier alpha value is -0.570. The van der Waals surface area contributed by atoms with Crippen molar-refractivity contribution < 1.29 is 4.79 Å². The molecule has 1 unspecified atom stereocenters. The van der Waals surface area contributed by atoms with Gasteiger partial charge in [-0.05, 0) is 25.8 Å². The van der Waals surface area contributed by atoms with Crippen LogP contribution in [0, 0.1) is 5.92 Å². The van der Waals surface area contributed by atoms with Crippen LogP contribution in [0.5, 0.6) is 0 Å². The SMILES string of the molecule is CCNC(C)(CC(N)=O)CC1CCC1. The lowest BCUT2D eigenvalue weighted by atomic mass is 9.75. The number of carbonyl (C=O) groups excluding carboxylic acids is 1. The molecule has 14 heavy (non-hydrogen) atoms. The highest BCUT2D eigenvalue weighted by Gasteiger charge is 2.31. The van der Waals surface area contributed by atoms with Gasteiger partial charge in [-0.15, -0.1) is 0 Å². The minimum atomic E-state index is -0.201. The molecule has 0 aliphatic heterocycles. The maximum atomic E-state index is 11.0. The Morgan fingerprint density at radius 3 is 2.57 bits per heavy atom. The van der Waals surface area contributed by atoms with Crippen LogP contribution in [0.15, 0.2) is 0 Å². The molecule has 1 aliphatic rings. The molecule has 1 aliphatic carbocycles. The lowest BCUT2D eigenvalue weighted by molar-refractivity contribution is -0.119. The zero-order valence-corrected chi connectivity index (χ0v) is 9.31. The molecule has 0 saturated heterocycles. The number of hydrogen-bond acceptors (Lipinski definition) is 2. The average Bonchev–Trinajstić information content (AvgIpc) is 1.96. The van der Waals surface area contributed by atoms with Crippen LogP contribution in [0.25, 0.3) is 0 Å². The molecule has 0 spiro atoms. The van der Waals surface area contributed by atoms with Gasteiger partial charge in [-0.25, -0.2) is 0 Å². The Labute approximate surface area is 86.4 Å². The average molecular weight is 198 g/mol. The predicted molar refractivity (Wildman–Crippen MR) is 57.9 cm³/mol. The van der Waals surface area contributed by atoms with Gasteiger partial charge in [0, 0.05) is 12.0 Å². The monoisotopic (exact) mass is 198 g/mol. The molecule has 0 aromatic carbocycles. The predicted octanol–water partition coefficient (Wildman–Crippen LogP) is 1.42. The summed E-state index contributed by atoms with van der Waals surface area (Å²) in [7, 11) is 0. The number of primary amides is 1. The van der Waals surface area contributed by atoms with E-state index in [2.05, 4.69) is 19.2 Å². The number of nitrogens with one attached hydrogen (secondary N) is 1. The number of amides is 1. The van der Waals surface area contributed by atoms with Gasteiger partial charge in [-0.1, -0.05) is 26.2 Å². The minimum absolute atomic E-state index is 0.0777. The van der Waals surface area contributed by atoms with Gasteiger partial charge < -0.3 is 11.1 Å². The van der Waals surface area contributed by atoms with Crippen LogP contribution in [0.1, 0.15) is 46.0 Å². The van der Waals surface area contributed by atoms with Gasteiger partial charge in [0.2, 0.25) is 5.91 Å². The summed E-state index contributed by atoms with van der Waals surface area (Å²) in [5.74, 6) is 0.603. The largest absolute Gasteiger partial charge is 0.370 e. The zero-order valence-electron chi connectivity index (χ0n) is 9.31. The molecule has 0 bridgehead atoms. The third kappa shape index (κ3) is 3.29. The van der Waals surface area contributed by atoms with E-state index in [-0.39, 0.29) is 11.4 Å². The van der Waals surface area contributed by atoms with Crippen LogP contribution >= 0.6 is 0 Å². The summed E-state index contributed by atoms with van der Waals surface area (Å²) in [5.41, 5.74) is 5.19. The Kier molecular flexibility index (Phi) is 3.93. The molecule has 1 amide bonds. The van der Waals surface area contributed by atoms with Gasteiger partial charge in [0.05, 0.1) is 0 Å². The van der Waals surface area contributed by atoms with E-state index in [0.29, 0.717) is 6.42 Å². The van der Waals surface area contributed by atoms with E-state index in [1.54, 1.807) is 0 Å². The first-order chi connectivity index (χ1) is 6.56. The van der Waals surface area contributed by atoms with E-state index in [9.17, 15) is 4.79 Å². The number of nitrogens with two attached hydrogens (primary N) is 1. The van der Waals surface area contributed by atoms with Crippen molar-refractivity contribution in [3.63, 3.8) is 0 Å². The Morgan fingerprint density at radius 1 is 1.57 bits per heavy atom. The van der Waals surface area contributed by atoms with Crippen molar-refractivity contribution in [2.45, 2.75) is 51.5 Å². The van der Waals surface area contributed by atoms with Crippen LogP contribution < -0.4 is 11.1 Å². The summed E-state index contributed by atoms with van der Waals surface area (Å²) in [6.45, 7) is 5.08. The van der Waals surface area contributed by atoms with Crippen molar-refractivity contribution in [2.24, 2.45) is 11.7 Å².